The van der Waals surface area contributed by atoms with Gasteiger partial charge >= 0.3 is 0 Å². The second-order valence-corrected chi connectivity index (χ2v) is 5.58. The van der Waals surface area contributed by atoms with E-state index in [0.717, 1.165) is 17.7 Å². The van der Waals surface area contributed by atoms with Gasteiger partial charge in [0.15, 0.2) is 6.61 Å². The number of hydrogen-bond acceptors (Lipinski definition) is 4. The van der Waals surface area contributed by atoms with Crippen LogP contribution >= 0.6 is 0 Å². The number of ether oxygens (including phenoxy) is 2. The molecule has 2 aromatic rings. The van der Waals surface area contributed by atoms with Crippen LogP contribution in [0.4, 0.5) is 0 Å². The van der Waals surface area contributed by atoms with Gasteiger partial charge in [-0.25, -0.2) is 0 Å². The minimum absolute atomic E-state index is 0.0521. The van der Waals surface area contributed by atoms with E-state index >= 15 is 0 Å². The highest BCUT2D eigenvalue weighted by Gasteiger charge is 2.07. The Morgan fingerprint density at radius 3 is 2.35 bits per heavy atom. The third-order valence-corrected chi connectivity index (χ3v) is 3.80. The lowest BCUT2D eigenvalue weighted by molar-refractivity contribution is -0.123. The summed E-state index contributed by atoms with van der Waals surface area (Å²) in [5, 5.41) is 5.47. The molecular formula is C20H24N2O4. The van der Waals surface area contributed by atoms with Gasteiger partial charge < -0.3 is 20.1 Å². The molecule has 0 heterocycles. The largest absolute Gasteiger partial charge is 0.497 e. The SMILES string of the molecule is CCc1ccccc1OCC(=O)NCCNC(=O)c1ccc(OC)cc1. The summed E-state index contributed by atoms with van der Waals surface area (Å²) in [5.74, 6) is 0.987. The van der Waals surface area contributed by atoms with Crippen LogP contribution in [0.3, 0.4) is 0 Å². The number of hydrogen-bond donors (Lipinski definition) is 2. The van der Waals surface area contributed by atoms with Gasteiger partial charge in [0, 0.05) is 18.7 Å². The number of nitrogens with one attached hydrogen (secondary N) is 2. The summed E-state index contributed by atoms with van der Waals surface area (Å²) < 4.78 is 10.6. The zero-order valence-corrected chi connectivity index (χ0v) is 15.1. The average molecular weight is 356 g/mol. The van der Waals surface area contributed by atoms with Crippen LogP contribution in [0.25, 0.3) is 0 Å². The monoisotopic (exact) mass is 356 g/mol. The van der Waals surface area contributed by atoms with Crippen molar-refractivity contribution in [2.24, 2.45) is 0 Å². The molecule has 6 heteroatoms. The fraction of sp³-hybridized carbons (Fsp3) is 0.300. The van der Waals surface area contributed by atoms with E-state index in [0.29, 0.717) is 24.4 Å². The van der Waals surface area contributed by atoms with Crippen LogP contribution in [0.2, 0.25) is 0 Å². The Morgan fingerprint density at radius 1 is 0.962 bits per heavy atom. The molecule has 138 valence electrons. The van der Waals surface area contributed by atoms with Crippen molar-refractivity contribution >= 4 is 11.8 Å². The molecule has 2 rings (SSSR count). The number of benzene rings is 2. The van der Waals surface area contributed by atoms with Crippen molar-refractivity contribution in [3.63, 3.8) is 0 Å². The van der Waals surface area contributed by atoms with Gasteiger partial charge in [-0.2, -0.15) is 0 Å². The Hall–Kier alpha value is -3.02. The number of carbonyl (C=O) groups excluding carboxylic acids is 2. The Morgan fingerprint density at radius 2 is 1.65 bits per heavy atom. The molecule has 0 aliphatic rings. The first-order chi connectivity index (χ1) is 12.6. The molecule has 0 aromatic heterocycles. The second kappa shape index (κ2) is 10.1. The zero-order valence-electron chi connectivity index (χ0n) is 15.1. The number of methoxy groups -OCH3 is 1. The molecule has 26 heavy (non-hydrogen) atoms. The molecule has 2 N–H and O–H groups in total. The number of aryl methyl sites for hydroxylation is 1. The van der Waals surface area contributed by atoms with Crippen LogP contribution in [-0.2, 0) is 11.2 Å². The fourth-order valence-corrected chi connectivity index (χ4v) is 2.35. The predicted octanol–water partition coefficient (Wildman–Crippen LogP) is 2.18. The summed E-state index contributed by atoms with van der Waals surface area (Å²) in [6.45, 7) is 2.65. The van der Waals surface area contributed by atoms with E-state index in [1.54, 1.807) is 31.4 Å². The number of carbonyl (C=O) groups is 2. The van der Waals surface area contributed by atoms with Crippen molar-refractivity contribution in [2.75, 3.05) is 26.8 Å². The molecule has 0 unspecified atom stereocenters. The summed E-state index contributed by atoms with van der Waals surface area (Å²) in [7, 11) is 1.57. The van der Waals surface area contributed by atoms with Gasteiger partial charge in [0.1, 0.15) is 11.5 Å². The molecule has 2 aromatic carbocycles. The molecule has 0 atom stereocenters. The van der Waals surface area contributed by atoms with Gasteiger partial charge in [-0.05, 0) is 42.3 Å². The number of amides is 2. The van der Waals surface area contributed by atoms with E-state index < -0.39 is 0 Å². The van der Waals surface area contributed by atoms with Gasteiger partial charge in [-0.15, -0.1) is 0 Å². The fourth-order valence-electron chi connectivity index (χ4n) is 2.35. The Balaban J connectivity index is 1.67. The first kappa shape index (κ1) is 19.3. The first-order valence-corrected chi connectivity index (χ1v) is 8.53. The Bertz CT molecular complexity index is 729. The van der Waals surface area contributed by atoms with E-state index in [1.807, 2.05) is 31.2 Å². The molecule has 0 radical (unpaired) electrons. The lowest BCUT2D eigenvalue weighted by atomic mass is 10.1. The van der Waals surface area contributed by atoms with E-state index in [9.17, 15) is 9.59 Å². The van der Waals surface area contributed by atoms with Gasteiger partial charge in [-0.3, -0.25) is 9.59 Å². The Labute approximate surface area is 153 Å². The minimum atomic E-state index is -0.227. The highest BCUT2D eigenvalue weighted by molar-refractivity contribution is 5.94. The third kappa shape index (κ3) is 5.81. The molecule has 0 fully saturated rings. The van der Waals surface area contributed by atoms with E-state index in [4.69, 9.17) is 9.47 Å². The van der Waals surface area contributed by atoms with Crippen LogP contribution in [0.15, 0.2) is 48.5 Å². The molecule has 2 amide bonds. The minimum Gasteiger partial charge on any atom is -0.497 e. The Kier molecular flexibility index (Phi) is 7.49. The lowest BCUT2D eigenvalue weighted by Crippen LogP contribution is -2.36. The highest BCUT2D eigenvalue weighted by Crippen LogP contribution is 2.17. The smallest absolute Gasteiger partial charge is 0.258 e. The molecule has 0 aliphatic heterocycles. The van der Waals surface area contributed by atoms with Crippen LogP contribution in [0.5, 0.6) is 11.5 Å². The summed E-state index contributed by atoms with van der Waals surface area (Å²) in [5.41, 5.74) is 1.60. The van der Waals surface area contributed by atoms with E-state index in [-0.39, 0.29) is 18.4 Å². The maximum atomic E-state index is 12.0. The molecule has 6 nitrogen and oxygen atoms in total. The molecule has 0 saturated heterocycles. The number of para-hydroxylation sites is 1. The molecule has 0 bridgehead atoms. The van der Waals surface area contributed by atoms with Gasteiger partial charge in [-0.1, -0.05) is 25.1 Å². The van der Waals surface area contributed by atoms with Crippen LogP contribution < -0.4 is 20.1 Å². The third-order valence-electron chi connectivity index (χ3n) is 3.80. The van der Waals surface area contributed by atoms with E-state index in [2.05, 4.69) is 10.6 Å². The molecule has 0 aliphatic carbocycles. The van der Waals surface area contributed by atoms with Gasteiger partial charge in [0.25, 0.3) is 11.8 Å². The van der Waals surface area contributed by atoms with Crippen LogP contribution in [0.1, 0.15) is 22.8 Å². The summed E-state index contributed by atoms with van der Waals surface area (Å²) in [6.07, 6.45) is 0.842. The van der Waals surface area contributed by atoms with Crippen LogP contribution in [-0.4, -0.2) is 38.6 Å². The summed E-state index contributed by atoms with van der Waals surface area (Å²) in [6, 6.07) is 14.5. The summed E-state index contributed by atoms with van der Waals surface area (Å²) >= 11 is 0. The average Bonchev–Trinajstić information content (AvgIpc) is 2.69. The molecule has 0 spiro atoms. The van der Waals surface area contributed by atoms with E-state index in [1.165, 1.54) is 0 Å². The normalized spacial score (nSPS) is 10.1. The molecule has 0 saturated carbocycles. The summed E-state index contributed by atoms with van der Waals surface area (Å²) in [4.78, 5) is 23.8. The quantitative estimate of drug-likeness (QED) is 0.675. The van der Waals surface area contributed by atoms with Crippen molar-refractivity contribution in [3.8, 4) is 11.5 Å². The van der Waals surface area contributed by atoms with Gasteiger partial charge in [0.2, 0.25) is 0 Å². The van der Waals surface area contributed by atoms with Crippen molar-refractivity contribution < 1.29 is 19.1 Å². The van der Waals surface area contributed by atoms with Crippen molar-refractivity contribution in [1.82, 2.24) is 10.6 Å². The maximum absolute atomic E-state index is 12.0. The van der Waals surface area contributed by atoms with Crippen LogP contribution in [0, 0.1) is 0 Å². The topological polar surface area (TPSA) is 76.7 Å². The zero-order chi connectivity index (χ0) is 18.8. The standard InChI is InChI=1S/C20H24N2O4/c1-3-15-6-4-5-7-18(15)26-14-19(23)21-12-13-22-20(24)16-8-10-17(25-2)11-9-16/h4-11H,3,12-14H2,1-2H3,(H,21,23)(H,22,24). The molecular weight excluding hydrogens is 332 g/mol. The van der Waals surface area contributed by atoms with Crippen molar-refractivity contribution in [3.05, 3.63) is 59.7 Å². The number of rotatable bonds is 9. The second-order valence-electron chi connectivity index (χ2n) is 5.58. The van der Waals surface area contributed by atoms with Crippen molar-refractivity contribution in [2.45, 2.75) is 13.3 Å². The highest BCUT2D eigenvalue weighted by atomic mass is 16.5. The lowest BCUT2D eigenvalue weighted by Gasteiger charge is -2.11. The van der Waals surface area contributed by atoms with Crippen molar-refractivity contribution in [1.29, 1.82) is 0 Å². The van der Waals surface area contributed by atoms with Gasteiger partial charge in [0.05, 0.1) is 7.11 Å². The first-order valence-electron chi connectivity index (χ1n) is 8.53. The predicted molar refractivity (Wildman–Crippen MR) is 99.7 cm³/mol. The maximum Gasteiger partial charge on any atom is 0.258 e.